The molecule has 0 aliphatic heterocycles. The molecule has 0 amide bonds. The predicted octanol–water partition coefficient (Wildman–Crippen LogP) is 16.2. The van der Waals surface area contributed by atoms with Crippen LogP contribution in [0.1, 0.15) is 34.7 Å². The number of allylic oxidation sites excluding steroid dienone is 3. The predicted molar refractivity (Wildman–Crippen MR) is 253 cm³/mol. The van der Waals surface area contributed by atoms with Gasteiger partial charge in [-0.25, -0.2) is 0 Å². The minimum Gasteiger partial charge on any atom is -0.310 e. The third-order valence-corrected chi connectivity index (χ3v) is 11.0. The summed E-state index contributed by atoms with van der Waals surface area (Å²) in [7, 11) is 0. The van der Waals surface area contributed by atoms with Gasteiger partial charge in [-0.2, -0.15) is 0 Å². The van der Waals surface area contributed by atoms with Crippen molar-refractivity contribution in [3.63, 3.8) is 0 Å². The third-order valence-electron chi connectivity index (χ3n) is 11.0. The second-order valence-electron chi connectivity index (χ2n) is 14.8. The van der Waals surface area contributed by atoms with Gasteiger partial charge in [-0.3, -0.25) is 0 Å². The van der Waals surface area contributed by atoms with Crippen LogP contribution in [0.2, 0.25) is 0 Å². The van der Waals surface area contributed by atoms with Crippen molar-refractivity contribution in [2.75, 3.05) is 4.90 Å². The van der Waals surface area contributed by atoms with Crippen molar-refractivity contribution in [1.29, 1.82) is 0 Å². The molecule has 9 aromatic rings. The van der Waals surface area contributed by atoms with Crippen LogP contribution in [0.25, 0.3) is 54.6 Å². The van der Waals surface area contributed by atoms with Crippen LogP contribution >= 0.6 is 0 Å². The summed E-state index contributed by atoms with van der Waals surface area (Å²) in [6, 6.07) is 70.0. The van der Waals surface area contributed by atoms with Gasteiger partial charge in [0.25, 0.3) is 0 Å². The normalized spacial score (nSPS) is 11.4. The van der Waals surface area contributed by atoms with Gasteiger partial charge in [0.15, 0.2) is 0 Å². The Bertz CT molecular complexity index is 2940. The summed E-state index contributed by atoms with van der Waals surface area (Å²) in [4.78, 5) is 2.38. The molecule has 0 saturated heterocycles. The largest absolute Gasteiger partial charge is 0.310 e. The quantitative estimate of drug-likeness (QED) is 0.121. The number of para-hydroxylation sites is 1. The minimum absolute atomic E-state index is 1.13. The Labute approximate surface area is 343 Å². The maximum Gasteiger partial charge on any atom is 0.0540 e. The van der Waals surface area contributed by atoms with E-state index in [0.717, 1.165) is 11.4 Å². The first-order chi connectivity index (χ1) is 28.5. The van der Waals surface area contributed by atoms with E-state index in [-0.39, 0.29) is 0 Å². The second kappa shape index (κ2) is 16.9. The summed E-state index contributed by atoms with van der Waals surface area (Å²) in [6.07, 6.45) is 3.28. The Balaban J connectivity index is 0.000000375. The molecule has 0 N–H and O–H groups in total. The molecule has 0 spiro atoms. The molecule has 1 aliphatic carbocycles. The molecule has 0 radical (unpaired) electrons. The van der Waals surface area contributed by atoms with Crippen molar-refractivity contribution in [2.45, 2.75) is 20.8 Å². The van der Waals surface area contributed by atoms with E-state index >= 15 is 0 Å². The van der Waals surface area contributed by atoms with E-state index in [4.69, 9.17) is 0 Å². The van der Waals surface area contributed by atoms with Gasteiger partial charge < -0.3 is 4.90 Å². The first-order valence-corrected chi connectivity index (χ1v) is 19.9. The maximum atomic E-state index is 3.36. The van der Waals surface area contributed by atoms with E-state index in [2.05, 4.69) is 215 Å². The van der Waals surface area contributed by atoms with Crippen molar-refractivity contribution in [1.82, 2.24) is 0 Å². The molecule has 0 bridgehead atoms. The topological polar surface area (TPSA) is 3.24 Å². The smallest absolute Gasteiger partial charge is 0.0540 e. The number of aryl methyl sites for hydroxylation is 2. The van der Waals surface area contributed by atoms with Crippen LogP contribution in [0.15, 0.2) is 219 Å². The summed E-state index contributed by atoms with van der Waals surface area (Å²) < 4.78 is 0. The number of benzene rings is 9. The van der Waals surface area contributed by atoms with E-state index in [0.29, 0.717) is 0 Å². The monoisotopic (exact) mass is 745 g/mol. The summed E-state index contributed by atoms with van der Waals surface area (Å²) in [5.74, 6) is 0. The fourth-order valence-corrected chi connectivity index (χ4v) is 8.23. The molecular formula is C57H47N. The van der Waals surface area contributed by atoms with Gasteiger partial charge in [0.2, 0.25) is 0 Å². The summed E-state index contributed by atoms with van der Waals surface area (Å²) in [5.41, 5.74) is 15.2. The summed E-state index contributed by atoms with van der Waals surface area (Å²) in [5, 5.41) is 7.77. The van der Waals surface area contributed by atoms with Crippen molar-refractivity contribution >= 4 is 60.5 Å². The zero-order valence-corrected chi connectivity index (χ0v) is 33.5. The first-order valence-electron chi connectivity index (χ1n) is 19.9. The highest BCUT2D eigenvalue weighted by Crippen LogP contribution is 2.49. The van der Waals surface area contributed by atoms with Crippen molar-refractivity contribution < 1.29 is 0 Å². The van der Waals surface area contributed by atoms with Gasteiger partial charge in [-0.05, 0) is 135 Å². The van der Waals surface area contributed by atoms with Crippen molar-refractivity contribution in [3.8, 4) is 11.1 Å². The van der Waals surface area contributed by atoms with Crippen LogP contribution in [0.3, 0.4) is 0 Å². The molecule has 1 aliphatic rings. The van der Waals surface area contributed by atoms with Gasteiger partial charge in [0.1, 0.15) is 0 Å². The molecule has 0 aromatic heterocycles. The molecule has 0 heterocycles. The standard InChI is InChI=1S/C46H33N.C7H8.C4H6/c1-30-25-26-34(29-42(30)44-31(2)45-40-22-9-7-14-35(40)27-36-17-11-23-41(44)46(36)45)33-16-10-20-38(28-33)47(37-18-4-3-5-19-37)43-24-12-15-32-13-6-8-21-39(32)43;1-7-5-3-2-4-6-7;1-3-4-2/h3-29H,1-2H3;2-6H,1H3;3-4H,1-2H2. The lowest BCUT2D eigenvalue weighted by Crippen LogP contribution is -2.10. The number of anilines is 3. The molecule has 58 heavy (non-hydrogen) atoms. The molecular weight excluding hydrogens is 699 g/mol. The number of hydrogen-bond acceptors (Lipinski definition) is 1. The Morgan fingerprint density at radius 3 is 1.74 bits per heavy atom. The Morgan fingerprint density at radius 2 is 1.02 bits per heavy atom. The van der Waals surface area contributed by atoms with E-state index in [1.807, 2.05) is 18.2 Å². The van der Waals surface area contributed by atoms with Crippen LogP contribution in [0.5, 0.6) is 0 Å². The van der Waals surface area contributed by atoms with E-state index in [1.54, 1.807) is 12.2 Å². The lowest BCUT2D eigenvalue weighted by molar-refractivity contribution is 1.30. The molecule has 10 rings (SSSR count). The highest BCUT2D eigenvalue weighted by molar-refractivity contribution is 6.23. The van der Waals surface area contributed by atoms with Gasteiger partial charge in [0, 0.05) is 16.8 Å². The molecule has 0 unspecified atom stereocenters. The second-order valence-corrected chi connectivity index (χ2v) is 14.8. The van der Waals surface area contributed by atoms with E-state index in [1.165, 1.54) is 88.1 Å². The summed E-state index contributed by atoms with van der Waals surface area (Å²) >= 11 is 0. The zero-order chi connectivity index (χ0) is 40.0. The molecule has 0 atom stereocenters. The fraction of sp³-hybridized carbons (Fsp3) is 0.0526. The van der Waals surface area contributed by atoms with Crippen molar-refractivity contribution in [2.24, 2.45) is 0 Å². The van der Waals surface area contributed by atoms with Crippen molar-refractivity contribution in [3.05, 3.63) is 247 Å². The molecule has 1 heteroatoms. The highest BCUT2D eigenvalue weighted by Gasteiger charge is 2.26. The number of fused-ring (bicyclic) bond motifs is 3. The average molecular weight is 746 g/mol. The lowest BCUT2D eigenvalue weighted by atomic mass is 9.90. The number of hydrogen-bond donors (Lipinski definition) is 0. The van der Waals surface area contributed by atoms with Crippen LogP contribution in [0.4, 0.5) is 17.1 Å². The zero-order valence-electron chi connectivity index (χ0n) is 33.5. The molecule has 0 saturated carbocycles. The van der Waals surface area contributed by atoms with Gasteiger partial charge in [-0.15, -0.1) is 0 Å². The molecule has 0 fully saturated rings. The third kappa shape index (κ3) is 7.39. The van der Waals surface area contributed by atoms with Crippen LogP contribution < -0.4 is 4.90 Å². The lowest BCUT2D eigenvalue weighted by Gasteiger charge is -2.27. The average Bonchev–Trinajstić information content (AvgIpc) is 3.57. The highest BCUT2D eigenvalue weighted by atomic mass is 15.1. The Kier molecular flexibility index (Phi) is 11.0. The van der Waals surface area contributed by atoms with Crippen LogP contribution in [-0.4, -0.2) is 0 Å². The van der Waals surface area contributed by atoms with Gasteiger partial charge in [0.05, 0.1) is 5.69 Å². The van der Waals surface area contributed by atoms with Gasteiger partial charge >= 0.3 is 0 Å². The Hall–Kier alpha value is -7.22. The van der Waals surface area contributed by atoms with Crippen LogP contribution in [-0.2, 0) is 0 Å². The van der Waals surface area contributed by atoms with E-state index in [9.17, 15) is 0 Å². The minimum atomic E-state index is 1.13. The number of nitrogens with zero attached hydrogens (tertiary/aromatic N) is 1. The van der Waals surface area contributed by atoms with Gasteiger partial charge in [-0.1, -0.05) is 183 Å². The van der Waals surface area contributed by atoms with Crippen LogP contribution in [0, 0.1) is 13.8 Å². The number of rotatable bonds is 6. The molecule has 9 aromatic carbocycles. The SMILES string of the molecule is C=CC=C.CC1=C(c2cc(-c3cccc(N(c4ccccc4)c4cccc5ccccc45)c3)ccc2C)c2cccc3cc4ccccc4c1c23.Cc1ccccc1. The molecule has 280 valence electrons. The first kappa shape index (κ1) is 37.7. The Morgan fingerprint density at radius 1 is 0.431 bits per heavy atom. The summed E-state index contributed by atoms with van der Waals surface area (Å²) in [6.45, 7) is 13.4. The maximum absolute atomic E-state index is 3.36. The molecule has 1 nitrogen and oxygen atoms in total. The van der Waals surface area contributed by atoms with E-state index < -0.39 is 0 Å². The fourth-order valence-electron chi connectivity index (χ4n) is 8.23.